The second-order valence-electron chi connectivity index (χ2n) is 5.27. The third kappa shape index (κ3) is 3.02. The Balaban J connectivity index is 2.01. The van der Waals surface area contributed by atoms with Gasteiger partial charge in [-0.15, -0.1) is 0 Å². The molecule has 1 aromatic heterocycles. The molecule has 0 atom stereocenters. The van der Waals surface area contributed by atoms with E-state index in [0.717, 1.165) is 4.73 Å². The molecular weight excluding hydrogens is 328 g/mol. The average molecular weight is 343 g/mol. The lowest BCUT2D eigenvalue weighted by Crippen LogP contribution is -2.29. The number of aliphatic hydroxyl groups is 1. The number of carboxylic acid groups (broad SMARTS) is 1. The van der Waals surface area contributed by atoms with Gasteiger partial charge in [0.1, 0.15) is 19.0 Å². The Hall–Kier alpha value is -3.39. The van der Waals surface area contributed by atoms with Crippen LogP contribution >= 0.6 is 0 Å². The standard InChI is InChI=1S/C17H14N2O6/c20-9-15-16(10-25-12-5-3-4-11(8-12)17(21)22)19(24)14-7-2-1-6-13(14)18(15)23/h1-8,20,24H,9-10H2/p+1. The van der Waals surface area contributed by atoms with E-state index in [1.165, 1.54) is 24.3 Å². The first kappa shape index (κ1) is 16.5. The predicted molar refractivity (Wildman–Crippen MR) is 86.1 cm³/mol. The van der Waals surface area contributed by atoms with Crippen LogP contribution in [0.5, 0.6) is 5.75 Å². The Morgan fingerprint density at radius 1 is 1.16 bits per heavy atom. The van der Waals surface area contributed by atoms with Crippen molar-refractivity contribution in [3.05, 3.63) is 70.4 Å². The first-order valence-electron chi connectivity index (χ1n) is 7.37. The number of aromatic carboxylic acids is 1. The first-order valence-corrected chi connectivity index (χ1v) is 7.37. The zero-order valence-electron chi connectivity index (χ0n) is 13.0. The topological polar surface area (TPSA) is 115 Å². The van der Waals surface area contributed by atoms with E-state index in [2.05, 4.69) is 0 Å². The lowest BCUT2D eigenvalue weighted by atomic mass is 10.2. The van der Waals surface area contributed by atoms with Crippen LogP contribution in [0.25, 0.3) is 11.0 Å². The highest BCUT2D eigenvalue weighted by molar-refractivity contribution is 5.88. The molecule has 3 aromatic rings. The van der Waals surface area contributed by atoms with Crippen molar-refractivity contribution in [2.75, 3.05) is 0 Å². The molecule has 128 valence electrons. The fourth-order valence-corrected chi connectivity index (χ4v) is 2.52. The molecule has 0 aliphatic carbocycles. The maximum atomic E-state index is 12.4. The molecule has 8 nitrogen and oxygen atoms in total. The minimum Gasteiger partial charge on any atom is -0.487 e. The fourth-order valence-electron chi connectivity index (χ4n) is 2.52. The third-order valence-electron chi connectivity index (χ3n) is 3.77. The van der Waals surface area contributed by atoms with Crippen LogP contribution < -0.4 is 9.16 Å². The number of fused-ring (bicyclic) bond motifs is 1. The molecule has 2 aromatic carbocycles. The molecule has 0 aliphatic rings. The summed E-state index contributed by atoms with van der Waals surface area (Å²) < 4.78 is 6.83. The molecule has 3 rings (SSSR count). The largest absolute Gasteiger partial charge is 0.487 e. The number of benzene rings is 2. The summed E-state index contributed by atoms with van der Waals surface area (Å²) >= 11 is 0. The molecule has 0 spiro atoms. The molecule has 1 heterocycles. The van der Waals surface area contributed by atoms with Gasteiger partial charge in [-0.1, -0.05) is 18.2 Å². The zero-order chi connectivity index (χ0) is 18.0. The van der Waals surface area contributed by atoms with Gasteiger partial charge < -0.3 is 20.2 Å². The number of aliphatic hydroxyl groups excluding tert-OH is 1. The summed E-state index contributed by atoms with van der Waals surface area (Å²) in [6.45, 7) is -0.828. The number of ether oxygens (including phenoxy) is 1. The number of hydrogen-bond donors (Lipinski definition) is 3. The third-order valence-corrected chi connectivity index (χ3v) is 3.77. The van der Waals surface area contributed by atoms with E-state index in [1.807, 2.05) is 0 Å². The second-order valence-corrected chi connectivity index (χ2v) is 5.27. The Bertz CT molecular complexity index is 1010. The maximum Gasteiger partial charge on any atom is 0.335 e. The highest BCUT2D eigenvalue weighted by Gasteiger charge is 2.24. The van der Waals surface area contributed by atoms with Gasteiger partial charge in [0.15, 0.2) is 11.2 Å². The number of carbonyl (C=O) groups is 1. The molecule has 0 amide bonds. The number of hydrogen-bond acceptors (Lipinski definition) is 5. The van der Waals surface area contributed by atoms with Crippen molar-refractivity contribution in [2.45, 2.75) is 13.2 Å². The van der Waals surface area contributed by atoms with E-state index in [4.69, 9.17) is 9.84 Å². The van der Waals surface area contributed by atoms with Gasteiger partial charge >= 0.3 is 5.97 Å². The molecule has 0 fully saturated rings. The lowest BCUT2D eigenvalue weighted by Gasteiger charge is -2.11. The van der Waals surface area contributed by atoms with E-state index in [-0.39, 0.29) is 40.3 Å². The van der Waals surface area contributed by atoms with Crippen LogP contribution in [0.1, 0.15) is 21.7 Å². The monoisotopic (exact) mass is 343 g/mol. The minimum absolute atomic E-state index is 0.0501. The van der Waals surface area contributed by atoms with Gasteiger partial charge in [0.25, 0.3) is 11.2 Å². The summed E-state index contributed by atoms with van der Waals surface area (Å²) in [4.78, 5) is 23.4. The van der Waals surface area contributed by atoms with E-state index >= 15 is 0 Å². The van der Waals surface area contributed by atoms with Crippen LogP contribution in [0, 0.1) is 4.91 Å². The fraction of sp³-hybridized carbons (Fsp3) is 0.118. The van der Waals surface area contributed by atoms with E-state index in [0.29, 0.717) is 4.43 Å². The maximum absolute atomic E-state index is 12.4. The summed E-state index contributed by atoms with van der Waals surface area (Å²) in [5.41, 5.74) is 0.514. The number of aromatic nitrogens is 2. The van der Waals surface area contributed by atoms with Crippen LogP contribution in [-0.4, -0.2) is 26.1 Å². The number of para-hydroxylation sites is 2. The minimum atomic E-state index is -1.10. The van der Waals surface area contributed by atoms with Crippen molar-refractivity contribution < 1.29 is 29.4 Å². The van der Waals surface area contributed by atoms with Gasteiger partial charge in [0.2, 0.25) is 0 Å². The lowest BCUT2D eigenvalue weighted by molar-refractivity contribution is -0.480. The van der Waals surface area contributed by atoms with Gasteiger partial charge in [-0.05, 0) is 24.3 Å². The normalized spacial score (nSPS) is 10.8. The molecule has 8 heteroatoms. The van der Waals surface area contributed by atoms with Crippen molar-refractivity contribution in [1.82, 2.24) is 4.73 Å². The second kappa shape index (κ2) is 6.62. The molecule has 0 saturated heterocycles. The first-order chi connectivity index (χ1) is 12.0. The Morgan fingerprint density at radius 3 is 2.64 bits per heavy atom. The Morgan fingerprint density at radius 2 is 1.92 bits per heavy atom. The quantitative estimate of drug-likeness (QED) is 0.478. The van der Waals surface area contributed by atoms with E-state index in [1.54, 1.807) is 24.3 Å². The van der Waals surface area contributed by atoms with Crippen LogP contribution in [0.15, 0.2) is 48.5 Å². The van der Waals surface area contributed by atoms with Crippen LogP contribution in [0.3, 0.4) is 0 Å². The van der Waals surface area contributed by atoms with Gasteiger partial charge in [-0.25, -0.2) is 4.79 Å². The molecule has 0 unspecified atom stereocenters. The van der Waals surface area contributed by atoms with Gasteiger partial charge in [-0.2, -0.15) is 4.73 Å². The van der Waals surface area contributed by atoms with Crippen molar-refractivity contribution in [3.8, 4) is 5.75 Å². The SMILES string of the molecule is O=C(O)c1cccc(OCc2c(CO)[n+](=O)c3ccccc3n2O)c1. The molecule has 0 radical (unpaired) electrons. The summed E-state index contributed by atoms with van der Waals surface area (Å²) in [5, 5.41) is 28.9. The smallest absolute Gasteiger partial charge is 0.335 e. The molecule has 0 saturated carbocycles. The molecular formula is C17H15N2O6+. The van der Waals surface area contributed by atoms with E-state index in [9.17, 15) is 20.0 Å². The van der Waals surface area contributed by atoms with Crippen LogP contribution in [0.2, 0.25) is 0 Å². The van der Waals surface area contributed by atoms with Gasteiger partial charge in [-0.3, -0.25) is 0 Å². The van der Waals surface area contributed by atoms with Gasteiger partial charge in [0.05, 0.1) is 9.99 Å². The molecule has 0 aliphatic heterocycles. The predicted octanol–water partition coefficient (Wildman–Crippen LogP) is 1.56. The number of carboxylic acids is 1. The highest BCUT2D eigenvalue weighted by atomic mass is 16.5. The summed E-state index contributed by atoms with van der Waals surface area (Å²) in [6.07, 6.45) is 0. The molecule has 25 heavy (non-hydrogen) atoms. The van der Waals surface area contributed by atoms with E-state index < -0.39 is 12.6 Å². The Kier molecular flexibility index (Phi) is 4.36. The van der Waals surface area contributed by atoms with Crippen molar-refractivity contribution >= 4 is 17.0 Å². The van der Waals surface area contributed by atoms with Gasteiger partial charge in [0, 0.05) is 11.0 Å². The van der Waals surface area contributed by atoms with Crippen LogP contribution in [0.4, 0.5) is 0 Å². The highest BCUT2D eigenvalue weighted by Crippen LogP contribution is 2.18. The van der Waals surface area contributed by atoms with Crippen LogP contribution in [-0.2, 0) is 13.2 Å². The number of rotatable bonds is 5. The molecule has 0 bridgehead atoms. The zero-order valence-corrected chi connectivity index (χ0v) is 13.0. The summed E-state index contributed by atoms with van der Waals surface area (Å²) in [6, 6.07) is 12.2. The molecule has 3 N–H and O–H groups in total. The average Bonchev–Trinajstić information content (AvgIpc) is 2.63. The Labute approximate surface area is 141 Å². The number of nitrogens with zero attached hydrogens (tertiary/aromatic N) is 2. The van der Waals surface area contributed by atoms with Crippen molar-refractivity contribution in [3.63, 3.8) is 0 Å². The van der Waals surface area contributed by atoms with Crippen molar-refractivity contribution in [1.29, 1.82) is 0 Å². The summed E-state index contributed by atoms with van der Waals surface area (Å²) in [7, 11) is 0. The van der Waals surface area contributed by atoms with Crippen molar-refractivity contribution in [2.24, 2.45) is 0 Å². The summed E-state index contributed by atoms with van der Waals surface area (Å²) in [5.74, 6) is -0.837.